The maximum absolute atomic E-state index is 14.8. The van der Waals surface area contributed by atoms with Crippen molar-refractivity contribution in [3.8, 4) is 0 Å². The largest absolute Gasteiger partial charge is 0.481 e. The van der Waals surface area contributed by atoms with Crippen LogP contribution < -0.4 is 31.9 Å². The van der Waals surface area contributed by atoms with Crippen LogP contribution in [-0.2, 0) is 67.1 Å². The van der Waals surface area contributed by atoms with Gasteiger partial charge in [0.2, 0.25) is 35.4 Å². The number of amides is 6. The third-order valence-electron chi connectivity index (χ3n) is 15.9. The van der Waals surface area contributed by atoms with Gasteiger partial charge in [-0.25, -0.2) is 4.79 Å². The minimum Gasteiger partial charge on any atom is -0.481 e. The smallest absolute Gasteiger partial charge is 0.327 e. The van der Waals surface area contributed by atoms with Gasteiger partial charge in [-0.1, -0.05) is 57.0 Å². The Bertz CT molecular complexity index is 2700. The molecule has 0 aromatic rings. The molecule has 0 spiro atoms. The summed E-state index contributed by atoms with van der Waals surface area (Å²) in [4.78, 5) is 175. The Morgan fingerprint density at radius 2 is 0.760 bits per heavy atom. The molecule has 0 saturated carbocycles. The lowest BCUT2D eigenvalue weighted by molar-refractivity contribution is -0.144. The Morgan fingerprint density at radius 1 is 0.413 bits per heavy atom. The van der Waals surface area contributed by atoms with E-state index < -0.39 is 313 Å². The number of hydrogen-bond donors (Lipinski definition) is 24. The molecule has 0 unspecified atom stereocenters. The van der Waals surface area contributed by atoms with Crippen molar-refractivity contribution in [1.29, 1.82) is 0 Å². The number of aliphatic hydroxyl groups is 15. The fourth-order valence-electron chi connectivity index (χ4n) is 9.44. The van der Waals surface area contributed by atoms with E-state index in [1.165, 1.54) is 46.2 Å². The molecule has 0 aliphatic rings. The van der Waals surface area contributed by atoms with Gasteiger partial charge in [-0.05, 0) is 52.4 Å². The average Bonchev–Trinajstić information content (AvgIpc) is 0.837. The lowest BCUT2D eigenvalue weighted by Crippen LogP contribution is -2.54. The third kappa shape index (κ3) is 39.9. The Balaban J connectivity index is 7.73. The summed E-state index contributed by atoms with van der Waals surface area (Å²) in [5.41, 5.74) is 0. The van der Waals surface area contributed by atoms with Crippen LogP contribution >= 0.6 is 43.2 Å². The first-order valence-electron chi connectivity index (χ1n) is 33.4. The first kappa shape index (κ1) is 98.5. The lowest BCUT2D eigenvalue weighted by atomic mass is 9.89. The fraction of sp³-hybridized carbons (Fsp3) is 0.790. The predicted molar refractivity (Wildman–Crippen MR) is 372 cm³/mol. The molecule has 0 aromatic heterocycles. The zero-order valence-corrected chi connectivity index (χ0v) is 61.4. The van der Waals surface area contributed by atoms with Gasteiger partial charge in [0.25, 0.3) is 0 Å². The van der Waals surface area contributed by atoms with Gasteiger partial charge in [0.05, 0.1) is 55.0 Å². The minimum absolute atomic E-state index is 0.0632. The molecule has 0 heterocycles. The maximum atomic E-state index is 14.8. The van der Waals surface area contributed by atoms with Crippen LogP contribution in [0.3, 0.4) is 0 Å². The third-order valence-corrected chi connectivity index (χ3v) is 21.8. The van der Waals surface area contributed by atoms with Crippen LogP contribution in [0.15, 0.2) is 0 Å². The number of carbonyl (C=O) groups is 13. The zero-order valence-electron chi connectivity index (χ0n) is 58.2. The number of carboxylic acid groups (broad SMARTS) is 3. The number of Topliss-reactive ketones (excluding diaryl/α,β-unsaturated/α-hetero) is 3. The van der Waals surface area contributed by atoms with Crippen molar-refractivity contribution in [3.05, 3.63) is 0 Å². The Kier molecular flexibility index (Phi) is 50.5. The molecule has 18 atom stereocenters. The lowest BCUT2D eigenvalue weighted by Gasteiger charge is -2.32. The number of carboxylic acids is 3. The summed E-state index contributed by atoms with van der Waals surface area (Å²) in [6.45, 7) is 0.958. The molecule has 0 bridgehead atoms. The Morgan fingerprint density at radius 3 is 1.10 bits per heavy atom. The van der Waals surface area contributed by atoms with Gasteiger partial charge in [0, 0.05) is 119 Å². The Labute approximate surface area is 615 Å². The van der Waals surface area contributed by atoms with E-state index in [2.05, 4.69) is 31.9 Å². The van der Waals surface area contributed by atoms with E-state index in [9.17, 15) is 144 Å². The molecule has 0 aliphatic carbocycles. The molecule has 0 saturated heterocycles. The molecule has 38 nitrogen and oxygen atoms in total. The van der Waals surface area contributed by atoms with E-state index in [-0.39, 0.29) is 25.2 Å². The van der Waals surface area contributed by atoms with Gasteiger partial charge in [0.15, 0.2) is 11.6 Å². The summed E-state index contributed by atoms with van der Waals surface area (Å²) < 4.78 is 3.74. The summed E-state index contributed by atoms with van der Waals surface area (Å²) in [5.74, 6) is -18.6. The molecule has 0 radical (unpaired) electrons. The highest BCUT2D eigenvalue weighted by atomic mass is 33.1. The van der Waals surface area contributed by atoms with Crippen molar-refractivity contribution in [1.82, 2.24) is 31.9 Å². The monoisotopic (exact) mass is 1570 g/mol. The number of rotatable bonds is 61. The molecule has 0 fully saturated rings. The van der Waals surface area contributed by atoms with Crippen molar-refractivity contribution >= 4 is 120 Å². The first-order chi connectivity index (χ1) is 48.7. The van der Waals surface area contributed by atoms with Crippen LogP contribution in [0.2, 0.25) is 0 Å². The second-order valence-corrected chi connectivity index (χ2v) is 30.6. The highest BCUT2D eigenvalue weighted by molar-refractivity contribution is 8.77. The second-order valence-electron chi connectivity index (χ2n) is 24.8. The van der Waals surface area contributed by atoms with Crippen LogP contribution in [-0.4, -0.2) is 328 Å². The SMILES string of the molecule is CCCSSC(C)(C)[C@H](NC(=O)[C@H](CCC(=O)NC[C@H](O)[C@@H](O)[C@H](O)[C@H](O)CO)CC(=O)[C@H](CCC(=O)O)NC(=O)[C@H](CCC(=O)NC[C@H](O)[C@@H](O)[C@H](O)[C@H](O)CO)CC(=O)[C@H](CCC(=O)O)NC(=O)[C@H](CCC(=O)NC[C@H](O)[C@@H](O)[C@H](O)[C@H](O)CO)CC(=O)CCSSCCOC(=O)CC)C(=O)O. The summed E-state index contributed by atoms with van der Waals surface area (Å²) in [7, 11) is 4.83. The zero-order chi connectivity index (χ0) is 79.6. The summed E-state index contributed by atoms with van der Waals surface area (Å²) in [6.07, 6.45) is -33.8. The molecule has 0 rings (SSSR count). The minimum atomic E-state index is -2.17. The van der Waals surface area contributed by atoms with Crippen LogP contribution in [0.4, 0.5) is 0 Å². The Hall–Kier alpha value is -5.49. The highest BCUT2D eigenvalue weighted by Crippen LogP contribution is 2.39. The van der Waals surface area contributed by atoms with Gasteiger partial charge in [-0.15, -0.1) is 0 Å². The van der Waals surface area contributed by atoms with Crippen LogP contribution in [0.1, 0.15) is 130 Å². The van der Waals surface area contributed by atoms with Crippen molar-refractivity contribution in [2.24, 2.45) is 17.8 Å². The molecule has 0 aliphatic heterocycles. The van der Waals surface area contributed by atoms with E-state index in [0.717, 1.165) is 10.8 Å². The summed E-state index contributed by atoms with van der Waals surface area (Å²) in [6, 6.07) is -5.56. The number of ketones is 3. The van der Waals surface area contributed by atoms with E-state index >= 15 is 0 Å². The fourth-order valence-corrected chi connectivity index (χ4v) is 14.1. The molecule has 0 aromatic carbocycles. The molecular weight excluding hydrogens is 1470 g/mol. The number of ether oxygens (including phenoxy) is 1. The van der Waals surface area contributed by atoms with Crippen LogP contribution in [0.5, 0.6) is 0 Å². The predicted octanol–water partition coefficient (Wildman–Crippen LogP) is -6.73. The average molecular weight is 1580 g/mol. The van der Waals surface area contributed by atoms with Gasteiger partial charge in [-0.2, -0.15) is 0 Å². The first-order valence-corrected chi connectivity index (χ1v) is 38.2. The van der Waals surface area contributed by atoms with E-state index in [0.29, 0.717) is 17.9 Å². The quantitative estimate of drug-likeness (QED) is 0.0153. The van der Waals surface area contributed by atoms with Crippen LogP contribution in [0, 0.1) is 17.8 Å². The highest BCUT2D eigenvalue weighted by Gasteiger charge is 2.41. The number of hydrogen-bond acceptors (Lipinski definition) is 33. The van der Waals surface area contributed by atoms with Crippen LogP contribution in [0.25, 0.3) is 0 Å². The number of aliphatic carboxylic acids is 3. The molecule has 600 valence electrons. The molecule has 6 amide bonds. The van der Waals surface area contributed by atoms with Gasteiger partial charge in [0.1, 0.15) is 73.4 Å². The number of aliphatic hydroxyl groups excluding tert-OH is 15. The van der Waals surface area contributed by atoms with Crippen molar-refractivity contribution in [3.63, 3.8) is 0 Å². The van der Waals surface area contributed by atoms with Gasteiger partial charge in [-0.3, -0.25) is 57.5 Å². The maximum Gasteiger partial charge on any atom is 0.327 e. The normalized spacial score (nSPS) is 16.9. The number of nitrogens with one attached hydrogen (secondary N) is 6. The topological polar surface area (TPSA) is 667 Å². The summed E-state index contributed by atoms with van der Waals surface area (Å²) >= 11 is 0. The van der Waals surface area contributed by atoms with E-state index in [4.69, 9.17) is 14.9 Å². The number of esters is 1. The van der Waals surface area contributed by atoms with Gasteiger partial charge >= 0.3 is 23.9 Å². The van der Waals surface area contributed by atoms with Crippen molar-refractivity contribution < 1.29 is 159 Å². The summed E-state index contributed by atoms with van der Waals surface area (Å²) in [5, 5.41) is 193. The van der Waals surface area contributed by atoms with Crippen molar-refractivity contribution in [2.45, 2.75) is 227 Å². The second kappa shape index (κ2) is 53.3. The van der Waals surface area contributed by atoms with Crippen molar-refractivity contribution in [2.75, 3.05) is 63.3 Å². The van der Waals surface area contributed by atoms with E-state index in [1.807, 2.05) is 6.92 Å². The molecular formula is C62H106N6O32S4. The molecule has 24 N–H and O–H groups in total. The molecule has 104 heavy (non-hydrogen) atoms. The number of carbonyl (C=O) groups excluding carboxylic acids is 10. The van der Waals surface area contributed by atoms with Gasteiger partial charge < -0.3 is 129 Å². The molecule has 42 heteroatoms. The van der Waals surface area contributed by atoms with E-state index in [1.54, 1.807) is 6.92 Å². The standard InChI is InChI=1S/C62H106N6O32S4/c1-5-19-103-104-62(3,4)57(61(98)99)68-60(97)33(9-14-47(83)65-27-41(77)53(91)56(94)44(80)30-71)24-38(74)36(11-16-49(86)87)67-59(96)32(8-13-46(82)64-26-40(76)52(90)55(93)43(79)29-70)23-37(73)35(10-15-48(84)85)66-58(95)31(22-34(72)17-20-101-102-21-18-100-50(88)6-2)7-12-45(81)63-25-39(75)51(89)54(92)42(78)28-69/h31-33,35-36,39-44,51-57,69-71,75-80,89-94H,5-30H2,1-4H3,(H,63,81)(H,64,82)(H,65,83)(H,66,95)(H,67,96)(H,68,97)(H,84,85)(H,86,87)(H,98,99)/t31-,32-,33-,35+,36+,39+,40+,41+,42-,43-,44-,51-,52-,53-,54-,55-,56-,57-/m1/s1.